The summed E-state index contributed by atoms with van der Waals surface area (Å²) in [4.78, 5) is 11.5. The maximum atomic E-state index is 11.5. The summed E-state index contributed by atoms with van der Waals surface area (Å²) in [6.07, 6.45) is 0.896. The highest BCUT2D eigenvalue weighted by Gasteiger charge is 2.24. The number of aliphatic hydroxyl groups is 1. The van der Waals surface area contributed by atoms with Crippen molar-refractivity contribution in [3.05, 3.63) is 0 Å². The Labute approximate surface area is 75.0 Å². The largest absolute Gasteiger partial charge is 0.385 e. The van der Waals surface area contributed by atoms with E-state index in [4.69, 9.17) is 0 Å². The van der Waals surface area contributed by atoms with E-state index in [1.807, 2.05) is 27.7 Å². The van der Waals surface area contributed by atoms with Gasteiger partial charge in [0, 0.05) is 5.92 Å². The molecule has 2 nitrogen and oxygen atoms in total. The number of aliphatic hydroxyl groups excluding tert-OH is 1. The molecule has 0 heterocycles. The summed E-state index contributed by atoms with van der Waals surface area (Å²) >= 11 is 0. The number of rotatable bonds is 5. The van der Waals surface area contributed by atoms with Crippen molar-refractivity contribution < 1.29 is 9.90 Å². The molecule has 0 saturated carbocycles. The molecule has 0 aromatic heterocycles. The third-order valence-corrected chi connectivity index (χ3v) is 2.31. The molecular formula is C10H20O2. The van der Waals surface area contributed by atoms with Gasteiger partial charge in [-0.15, -0.1) is 0 Å². The number of Topliss-reactive ketones (excluding diaryl/α,β-unsaturated/α-hetero) is 1. The zero-order valence-electron chi connectivity index (χ0n) is 8.50. The number of ketones is 1. The fraction of sp³-hybridized carbons (Fsp3) is 0.900. The van der Waals surface area contributed by atoms with Gasteiger partial charge in [0.2, 0.25) is 0 Å². The highest BCUT2D eigenvalue weighted by Crippen LogP contribution is 2.15. The van der Waals surface area contributed by atoms with Crippen LogP contribution in [-0.4, -0.2) is 17.0 Å². The molecule has 0 aliphatic heterocycles. The summed E-state index contributed by atoms with van der Waals surface area (Å²) in [6.45, 7) is 7.70. The number of hydrogen-bond acceptors (Lipinski definition) is 2. The zero-order valence-corrected chi connectivity index (χ0v) is 8.50. The Morgan fingerprint density at radius 2 is 1.67 bits per heavy atom. The minimum absolute atomic E-state index is 0.00926. The van der Waals surface area contributed by atoms with Crippen LogP contribution in [0.3, 0.4) is 0 Å². The standard InChI is InChI=1S/C10H20O2/c1-5-8(6-2)10(12)9(11)7(3)4/h7-9,11H,5-6H2,1-4H3. The Morgan fingerprint density at radius 1 is 1.25 bits per heavy atom. The highest BCUT2D eigenvalue weighted by molar-refractivity contribution is 5.85. The lowest BCUT2D eigenvalue weighted by molar-refractivity contribution is -0.133. The number of hydrogen-bond donors (Lipinski definition) is 1. The topological polar surface area (TPSA) is 37.3 Å². The predicted molar refractivity (Wildman–Crippen MR) is 49.9 cm³/mol. The van der Waals surface area contributed by atoms with E-state index in [-0.39, 0.29) is 17.6 Å². The van der Waals surface area contributed by atoms with Crippen LogP contribution in [0.5, 0.6) is 0 Å². The first-order valence-corrected chi connectivity index (χ1v) is 4.76. The van der Waals surface area contributed by atoms with Gasteiger partial charge in [-0.3, -0.25) is 4.79 Å². The summed E-state index contributed by atoms with van der Waals surface area (Å²) in [6, 6.07) is 0. The molecule has 0 bridgehead atoms. The summed E-state index contributed by atoms with van der Waals surface area (Å²) < 4.78 is 0. The van der Waals surface area contributed by atoms with E-state index in [9.17, 15) is 9.90 Å². The summed E-state index contributed by atoms with van der Waals surface area (Å²) in [5.74, 6) is 0.0931. The Bertz CT molecular complexity index is 133. The van der Waals surface area contributed by atoms with Crippen LogP contribution in [0.15, 0.2) is 0 Å². The monoisotopic (exact) mass is 172 g/mol. The van der Waals surface area contributed by atoms with Gasteiger partial charge in [-0.2, -0.15) is 0 Å². The molecule has 0 fully saturated rings. The molecule has 1 N–H and O–H groups in total. The van der Waals surface area contributed by atoms with Gasteiger partial charge in [0.15, 0.2) is 5.78 Å². The second-order valence-electron chi connectivity index (χ2n) is 3.60. The molecule has 0 aliphatic carbocycles. The van der Waals surface area contributed by atoms with Gasteiger partial charge in [0.25, 0.3) is 0 Å². The molecule has 0 aromatic rings. The van der Waals surface area contributed by atoms with Crippen molar-refractivity contribution in [3.8, 4) is 0 Å². The molecule has 0 aliphatic rings. The molecule has 0 saturated heterocycles. The van der Waals surface area contributed by atoms with E-state index in [1.54, 1.807) is 0 Å². The van der Waals surface area contributed by atoms with Crippen LogP contribution in [0.2, 0.25) is 0 Å². The van der Waals surface area contributed by atoms with Crippen molar-refractivity contribution in [2.24, 2.45) is 11.8 Å². The van der Waals surface area contributed by atoms with Gasteiger partial charge < -0.3 is 5.11 Å². The van der Waals surface area contributed by atoms with Gasteiger partial charge in [-0.1, -0.05) is 27.7 Å². The Kier molecular flexibility index (Phi) is 5.14. The van der Waals surface area contributed by atoms with Gasteiger partial charge in [-0.05, 0) is 18.8 Å². The zero-order chi connectivity index (χ0) is 9.72. The molecule has 0 amide bonds. The maximum Gasteiger partial charge on any atom is 0.164 e. The second-order valence-corrected chi connectivity index (χ2v) is 3.60. The Balaban J connectivity index is 4.16. The Morgan fingerprint density at radius 3 is 1.92 bits per heavy atom. The molecule has 12 heavy (non-hydrogen) atoms. The molecule has 1 atom stereocenters. The van der Waals surface area contributed by atoms with Gasteiger partial charge >= 0.3 is 0 Å². The molecule has 0 spiro atoms. The third kappa shape index (κ3) is 2.94. The van der Waals surface area contributed by atoms with Crippen LogP contribution in [0.25, 0.3) is 0 Å². The molecule has 0 rings (SSSR count). The lowest BCUT2D eigenvalue weighted by Gasteiger charge is -2.18. The fourth-order valence-electron chi connectivity index (χ4n) is 1.26. The first kappa shape index (κ1) is 11.6. The van der Waals surface area contributed by atoms with Crippen LogP contribution >= 0.6 is 0 Å². The first-order chi connectivity index (χ1) is 5.54. The van der Waals surface area contributed by atoms with Crippen molar-refractivity contribution >= 4 is 5.78 Å². The average Bonchev–Trinajstić information content (AvgIpc) is 2.05. The molecule has 0 aromatic carbocycles. The van der Waals surface area contributed by atoms with Crippen LogP contribution in [0.4, 0.5) is 0 Å². The van der Waals surface area contributed by atoms with Crippen LogP contribution in [0.1, 0.15) is 40.5 Å². The normalized spacial score (nSPS) is 13.9. The number of carbonyl (C=O) groups excluding carboxylic acids is 1. The van der Waals surface area contributed by atoms with Crippen molar-refractivity contribution in [2.75, 3.05) is 0 Å². The van der Waals surface area contributed by atoms with E-state index >= 15 is 0 Å². The van der Waals surface area contributed by atoms with Gasteiger partial charge in [0.1, 0.15) is 6.10 Å². The quantitative estimate of drug-likeness (QED) is 0.688. The fourth-order valence-corrected chi connectivity index (χ4v) is 1.26. The van der Waals surface area contributed by atoms with E-state index in [2.05, 4.69) is 0 Å². The maximum absolute atomic E-state index is 11.5. The van der Waals surface area contributed by atoms with Crippen molar-refractivity contribution in [2.45, 2.75) is 46.6 Å². The van der Waals surface area contributed by atoms with Crippen molar-refractivity contribution in [1.29, 1.82) is 0 Å². The molecule has 0 radical (unpaired) electrons. The van der Waals surface area contributed by atoms with Crippen molar-refractivity contribution in [3.63, 3.8) is 0 Å². The predicted octanol–water partition coefficient (Wildman–Crippen LogP) is 2.01. The minimum atomic E-state index is -0.769. The SMILES string of the molecule is CCC(CC)C(=O)C(O)C(C)C. The lowest BCUT2D eigenvalue weighted by Crippen LogP contribution is -2.31. The van der Waals surface area contributed by atoms with Crippen molar-refractivity contribution in [1.82, 2.24) is 0 Å². The average molecular weight is 172 g/mol. The van der Waals surface area contributed by atoms with E-state index in [0.29, 0.717) is 0 Å². The van der Waals surface area contributed by atoms with E-state index < -0.39 is 6.10 Å². The number of carbonyl (C=O) groups is 1. The van der Waals surface area contributed by atoms with Crippen LogP contribution in [-0.2, 0) is 4.79 Å². The highest BCUT2D eigenvalue weighted by atomic mass is 16.3. The summed E-state index contributed by atoms with van der Waals surface area (Å²) in [5.41, 5.74) is 0. The lowest BCUT2D eigenvalue weighted by atomic mass is 9.90. The Hall–Kier alpha value is -0.370. The first-order valence-electron chi connectivity index (χ1n) is 4.76. The van der Waals surface area contributed by atoms with Gasteiger partial charge in [-0.25, -0.2) is 0 Å². The van der Waals surface area contributed by atoms with Crippen LogP contribution < -0.4 is 0 Å². The second kappa shape index (κ2) is 5.31. The summed E-state index contributed by atoms with van der Waals surface area (Å²) in [7, 11) is 0. The van der Waals surface area contributed by atoms with E-state index in [1.165, 1.54) is 0 Å². The van der Waals surface area contributed by atoms with Gasteiger partial charge in [0.05, 0.1) is 0 Å². The summed E-state index contributed by atoms with van der Waals surface area (Å²) in [5, 5.41) is 9.48. The van der Waals surface area contributed by atoms with Crippen LogP contribution in [0, 0.1) is 11.8 Å². The molecule has 1 unspecified atom stereocenters. The smallest absolute Gasteiger partial charge is 0.164 e. The third-order valence-electron chi connectivity index (χ3n) is 2.31. The van der Waals surface area contributed by atoms with E-state index in [0.717, 1.165) is 12.8 Å². The minimum Gasteiger partial charge on any atom is -0.385 e. The molecular weight excluding hydrogens is 152 g/mol. The molecule has 72 valence electrons. The molecule has 2 heteroatoms.